The lowest BCUT2D eigenvalue weighted by Gasteiger charge is -2.23. The monoisotopic (exact) mass is 258 g/mol. The molecule has 0 saturated carbocycles. The molecule has 0 aromatic heterocycles. The van der Waals surface area contributed by atoms with Gasteiger partial charge in [-0.15, -0.1) is 0 Å². The summed E-state index contributed by atoms with van der Waals surface area (Å²) in [6, 6.07) is 0. The first-order valence-corrected chi connectivity index (χ1v) is 7.46. The smallest absolute Gasteiger partial charge is 0.0791 e. The Morgan fingerprint density at radius 2 is 1.67 bits per heavy atom. The molecule has 0 aromatic rings. The van der Waals surface area contributed by atoms with Gasteiger partial charge in [-0.3, -0.25) is 0 Å². The maximum Gasteiger partial charge on any atom is 0.0791 e. The molecule has 4 heteroatoms. The summed E-state index contributed by atoms with van der Waals surface area (Å²) in [6.07, 6.45) is 3.92. The van der Waals surface area contributed by atoms with Gasteiger partial charge in [-0.2, -0.15) is 0 Å². The van der Waals surface area contributed by atoms with Crippen LogP contribution in [0.4, 0.5) is 0 Å². The van der Waals surface area contributed by atoms with Crippen molar-refractivity contribution in [2.24, 2.45) is 5.92 Å². The Morgan fingerprint density at radius 1 is 1.06 bits per heavy atom. The van der Waals surface area contributed by atoms with Crippen LogP contribution in [0.1, 0.15) is 39.5 Å². The highest BCUT2D eigenvalue weighted by atomic mass is 16.3. The van der Waals surface area contributed by atoms with Crippen LogP contribution in [0.2, 0.25) is 0 Å². The maximum atomic E-state index is 9.95. The lowest BCUT2D eigenvalue weighted by atomic mass is 9.96. The fraction of sp³-hybridized carbons (Fsp3) is 1.00. The third-order valence-electron chi connectivity index (χ3n) is 3.99. The third-order valence-corrected chi connectivity index (χ3v) is 3.99. The Balaban J connectivity index is 2.08. The van der Waals surface area contributed by atoms with Gasteiger partial charge >= 0.3 is 0 Å². The Bertz CT molecular complexity index is 204. The molecule has 0 radical (unpaired) electrons. The average molecular weight is 258 g/mol. The molecule has 1 rings (SSSR count). The summed E-state index contributed by atoms with van der Waals surface area (Å²) in [5.41, 5.74) is 0. The van der Waals surface area contributed by atoms with Gasteiger partial charge in [0, 0.05) is 19.6 Å². The number of nitrogens with one attached hydrogen (secondary N) is 1. The summed E-state index contributed by atoms with van der Waals surface area (Å²) in [6.45, 7) is 8.38. The van der Waals surface area contributed by atoms with Gasteiger partial charge in [0.2, 0.25) is 0 Å². The molecular weight excluding hydrogens is 228 g/mol. The van der Waals surface area contributed by atoms with E-state index in [2.05, 4.69) is 24.1 Å². The van der Waals surface area contributed by atoms with Crippen LogP contribution >= 0.6 is 0 Å². The molecule has 0 aromatic carbocycles. The number of rotatable bonds is 9. The van der Waals surface area contributed by atoms with Gasteiger partial charge in [0.15, 0.2) is 0 Å². The molecule has 1 heterocycles. The molecule has 1 aliphatic heterocycles. The van der Waals surface area contributed by atoms with E-state index in [1.807, 2.05) is 0 Å². The van der Waals surface area contributed by atoms with E-state index in [1.165, 1.54) is 12.8 Å². The fourth-order valence-electron chi connectivity index (χ4n) is 2.73. The molecule has 1 aliphatic rings. The third kappa shape index (κ3) is 5.65. The molecule has 2 atom stereocenters. The second-order valence-electron chi connectivity index (χ2n) is 5.46. The number of aliphatic hydroxyl groups is 2. The van der Waals surface area contributed by atoms with Gasteiger partial charge in [0.1, 0.15) is 0 Å². The van der Waals surface area contributed by atoms with Crippen molar-refractivity contribution in [1.29, 1.82) is 0 Å². The van der Waals surface area contributed by atoms with Gasteiger partial charge in [-0.1, -0.05) is 26.7 Å². The zero-order chi connectivity index (χ0) is 13.4. The average Bonchev–Trinajstić information content (AvgIpc) is 2.83. The van der Waals surface area contributed by atoms with Crippen molar-refractivity contribution in [1.82, 2.24) is 10.2 Å². The van der Waals surface area contributed by atoms with Gasteiger partial charge in [-0.05, 0) is 31.8 Å². The number of hydrogen-bond acceptors (Lipinski definition) is 4. The van der Waals surface area contributed by atoms with E-state index >= 15 is 0 Å². The molecular formula is C14H30N2O2. The lowest BCUT2D eigenvalue weighted by molar-refractivity contribution is 0.0878. The quantitative estimate of drug-likeness (QED) is 0.573. The minimum Gasteiger partial charge on any atom is -0.392 e. The molecule has 1 fully saturated rings. The molecule has 0 bridgehead atoms. The number of nitrogens with zero attached hydrogens (tertiary/aromatic N) is 1. The van der Waals surface area contributed by atoms with Crippen LogP contribution in [0, 0.1) is 5.92 Å². The summed E-state index contributed by atoms with van der Waals surface area (Å²) in [4.78, 5) is 2.31. The second-order valence-corrected chi connectivity index (χ2v) is 5.46. The predicted octanol–water partition coefficient (Wildman–Crippen LogP) is 0.830. The van der Waals surface area contributed by atoms with E-state index in [4.69, 9.17) is 0 Å². The highest BCUT2D eigenvalue weighted by Crippen LogP contribution is 2.12. The molecule has 2 unspecified atom stereocenters. The van der Waals surface area contributed by atoms with Crippen molar-refractivity contribution in [2.75, 3.05) is 32.7 Å². The molecule has 0 amide bonds. The highest BCUT2D eigenvalue weighted by Gasteiger charge is 2.17. The standard InChI is InChI=1S/C14H30N2O2/c1-3-12(4-2)14(18)10-15-9-13(17)11-16-7-5-6-8-16/h12-15,17-18H,3-11H2,1-2H3. The number of likely N-dealkylation sites (tertiary alicyclic amines) is 1. The summed E-state index contributed by atoms with van der Waals surface area (Å²) in [7, 11) is 0. The summed E-state index contributed by atoms with van der Waals surface area (Å²) >= 11 is 0. The van der Waals surface area contributed by atoms with Gasteiger partial charge < -0.3 is 20.4 Å². The largest absolute Gasteiger partial charge is 0.392 e. The normalized spacial score (nSPS) is 20.5. The minimum absolute atomic E-state index is 0.293. The zero-order valence-electron chi connectivity index (χ0n) is 11.9. The Labute approximate surface area is 111 Å². The van der Waals surface area contributed by atoms with E-state index in [0.29, 0.717) is 19.0 Å². The minimum atomic E-state index is -0.322. The highest BCUT2D eigenvalue weighted by molar-refractivity contribution is 4.73. The van der Waals surface area contributed by atoms with Crippen LogP contribution in [0.15, 0.2) is 0 Å². The number of β-amino-alcohol motifs (C(OH)–C–C–N with tert-alkyl or cyclic N) is 1. The SMILES string of the molecule is CCC(CC)C(O)CNCC(O)CN1CCCC1. The summed E-state index contributed by atoms with van der Waals surface area (Å²) in [5.74, 6) is 0.369. The van der Waals surface area contributed by atoms with Crippen LogP contribution in [-0.2, 0) is 0 Å². The van der Waals surface area contributed by atoms with Crippen molar-refractivity contribution in [3.05, 3.63) is 0 Å². The molecule has 108 valence electrons. The Hall–Kier alpha value is -0.160. The van der Waals surface area contributed by atoms with Crippen molar-refractivity contribution in [3.8, 4) is 0 Å². The number of hydrogen-bond donors (Lipinski definition) is 3. The van der Waals surface area contributed by atoms with Crippen molar-refractivity contribution < 1.29 is 10.2 Å². The van der Waals surface area contributed by atoms with Crippen molar-refractivity contribution in [2.45, 2.75) is 51.7 Å². The Morgan fingerprint density at radius 3 is 2.22 bits per heavy atom. The van der Waals surface area contributed by atoms with E-state index in [9.17, 15) is 10.2 Å². The molecule has 1 saturated heterocycles. The first-order valence-electron chi connectivity index (χ1n) is 7.46. The fourth-order valence-corrected chi connectivity index (χ4v) is 2.73. The first-order chi connectivity index (χ1) is 8.67. The predicted molar refractivity (Wildman–Crippen MR) is 74.6 cm³/mol. The van der Waals surface area contributed by atoms with E-state index in [-0.39, 0.29) is 12.2 Å². The van der Waals surface area contributed by atoms with Gasteiger partial charge in [-0.25, -0.2) is 0 Å². The van der Waals surface area contributed by atoms with Crippen LogP contribution < -0.4 is 5.32 Å². The van der Waals surface area contributed by atoms with E-state index in [0.717, 1.165) is 32.5 Å². The molecule has 0 spiro atoms. The maximum absolute atomic E-state index is 9.95. The molecule has 4 nitrogen and oxygen atoms in total. The zero-order valence-corrected chi connectivity index (χ0v) is 11.9. The van der Waals surface area contributed by atoms with Gasteiger partial charge in [0.05, 0.1) is 12.2 Å². The van der Waals surface area contributed by atoms with Crippen molar-refractivity contribution in [3.63, 3.8) is 0 Å². The van der Waals surface area contributed by atoms with Crippen molar-refractivity contribution >= 4 is 0 Å². The van der Waals surface area contributed by atoms with Gasteiger partial charge in [0.25, 0.3) is 0 Å². The lowest BCUT2D eigenvalue weighted by Crippen LogP contribution is -2.40. The summed E-state index contributed by atoms with van der Waals surface area (Å²) in [5, 5.41) is 23.0. The molecule has 18 heavy (non-hydrogen) atoms. The van der Waals surface area contributed by atoms with Crippen LogP contribution in [-0.4, -0.2) is 60.0 Å². The first kappa shape index (κ1) is 15.9. The second kappa shape index (κ2) is 8.86. The molecule has 0 aliphatic carbocycles. The Kier molecular flexibility index (Phi) is 7.82. The van der Waals surface area contributed by atoms with Crippen LogP contribution in [0.5, 0.6) is 0 Å². The van der Waals surface area contributed by atoms with E-state index < -0.39 is 0 Å². The van der Waals surface area contributed by atoms with E-state index in [1.54, 1.807) is 0 Å². The molecule has 3 N–H and O–H groups in total. The number of aliphatic hydroxyl groups excluding tert-OH is 2. The summed E-state index contributed by atoms with van der Waals surface area (Å²) < 4.78 is 0. The van der Waals surface area contributed by atoms with Crippen LogP contribution in [0.3, 0.4) is 0 Å². The van der Waals surface area contributed by atoms with Crippen LogP contribution in [0.25, 0.3) is 0 Å². The topological polar surface area (TPSA) is 55.7 Å².